The van der Waals surface area contributed by atoms with Gasteiger partial charge in [0.25, 0.3) is 5.91 Å². The Bertz CT molecular complexity index is 1360. The zero-order chi connectivity index (χ0) is 24.8. The van der Waals surface area contributed by atoms with Crippen LogP contribution in [0.1, 0.15) is 33.6 Å². The number of carbonyl (C=O) groups is 2. The molecule has 0 aliphatic rings. The molecule has 35 heavy (non-hydrogen) atoms. The number of halogens is 1. The summed E-state index contributed by atoms with van der Waals surface area (Å²) in [6.07, 6.45) is 1.54. The van der Waals surface area contributed by atoms with Crippen molar-refractivity contribution in [3.05, 3.63) is 118 Å². The van der Waals surface area contributed by atoms with Crippen molar-refractivity contribution in [2.45, 2.75) is 20.3 Å². The molecule has 0 spiro atoms. The summed E-state index contributed by atoms with van der Waals surface area (Å²) >= 11 is 6.68. The smallest absolute Gasteiger partial charge is 0.266 e. The number of hydrazine groups is 1. The molecule has 0 aliphatic carbocycles. The quantitative estimate of drug-likeness (QED) is 0.184. The Morgan fingerprint density at radius 2 is 1.54 bits per heavy atom. The molecule has 0 fully saturated rings. The van der Waals surface area contributed by atoms with Gasteiger partial charge in [0.05, 0.1) is 17.1 Å². The van der Waals surface area contributed by atoms with E-state index in [4.69, 9.17) is 11.6 Å². The van der Waals surface area contributed by atoms with Crippen LogP contribution >= 0.6 is 11.6 Å². The third-order valence-corrected chi connectivity index (χ3v) is 5.84. The summed E-state index contributed by atoms with van der Waals surface area (Å²) in [4.78, 5) is 26.2. The maximum atomic E-state index is 13.2. The van der Waals surface area contributed by atoms with E-state index in [1.54, 1.807) is 22.9 Å². The molecular weight excluding hydrogens is 460 g/mol. The normalized spacial score (nSPS) is 11.2. The van der Waals surface area contributed by atoms with Gasteiger partial charge >= 0.3 is 0 Å². The molecule has 4 rings (SSSR count). The minimum Gasteiger partial charge on any atom is -0.298 e. The van der Waals surface area contributed by atoms with E-state index in [2.05, 4.69) is 16.0 Å². The summed E-state index contributed by atoms with van der Waals surface area (Å²) < 4.78 is 1.61. The molecule has 0 bridgehead atoms. The van der Waals surface area contributed by atoms with Crippen molar-refractivity contribution in [2.24, 2.45) is 0 Å². The first-order chi connectivity index (χ1) is 16.9. The van der Waals surface area contributed by atoms with Crippen LogP contribution in [-0.2, 0) is 4.79 Å². The number of benzene rings is 3. The Labute approximate surface area is 209 Å². The van der Waals surface area contributed by atoms with Crippen LogP contribution in [0.3, 0.4) is 0 Å². The van der Waals surface area contributed by atoms with Gasteiger partial charge in [0, 0.05) is 23.1 Å². The van der Waals surface area contributed by atoms with Gasteiger partial charge in [-0.25, -0.2) is 4.68 Å². The molecule has 0 saturated carbocycles. The number of nitrogens with one attached hydrogen (secondary N) is 2. The number of para-hydroxylation sites is 2. The minimum absolute atomic E-state index is 0.0996. The average molecular weight is 485 g/mol. The molecule has 3 aromatic carbocycles. The van der Waals surface area contributed by atoms with Crippen LogP contribution in [0.15, 0.2) is 90.5 Å². The van der Waals surface area contributed by atoms with Gasteiger partial charge in [-0.2, -0.15) is 5.10 Å². The minimum atomic E-state index is -0.433. The maximum absolute atomic E-state index is 13.2. The van der Waals surface area contributed by atoms with E-state index in [0.717, 1.165) is 16.9 Å². The molecule has 1 heterocycles. The fourth-order valence-corrected chi connectivity index (χ4v) is 3.86. The van der Waals surface area contributed by atoms with Crippen LogP contribution in [-0.4, -0.2) is 21.5 Å². The number of aryl methyl sites for hydroxylation is 2. The van der Waals surface area contributed by atoms with Crippen LogP contribution in [0, 0.1) is 13.8 Å². The molecule has 1 aromatic heterocycles. The van der Waals surface area contributed by atoms with Crippen molar-refractivity contribution in [1.82, 2.24) is 15.2 Å². The third-order valence-electron chi connectivity index (χ3n) is 5.48. The summed E-state index contributed by atoms with van der Waals surface area (Å²) in [5, 5.41) is 4.90. The number of hydrogen-bond acceptors (Lipinski definition) is 4. The fourth-order valence-electron chi connectivity index (χ4n) is 3.53. The van der Waals surface area contributed by atoms with Gasteiger partial charge in [0.1, 0.15) is 5.15 Å². The lowest BCUT2D eigenvalue weighted by atomic mass is 10.00. The van der Waals surface area contributed by atoms with E-state index in [9.17, 15) is 9.59 Å². The van der Waals surface area contributed by atoms with Crippen LogP contribution in [0.4, 0.5) is 5.69 Å². The van der Waals surface area contributed by atoms with Crippen molar-refractivity contribution in [3.8, 4) is 5.69 Å². The number of rotatable bonds is 8. The predicted octanol–water partition coefficient (Wildman–Crippen LogP) is 5.94. The highest BCUT2D eigenvalue weighted by molar-refractivity contribution is 6.31. The van der Waals surface area contributed by atoms with Crippen molar-refractivity contribution >= 4 is 35.1 Å². The highest BCUT2D eigenvalue weighted by atomic mass is 35.5. The Hall–Kier alpha value is -4.16. The lowest BCUT2D eigenvalue weighted by molar-refractivity contribution is -0.117. The van der Waals surface area contributed by atoms with Gasteiger partial charge in [0.2, 0.25) is 0 Å². The Balaban J connectivity index is 1.66. The first-order valence-electron chi connectivity index (χ1n) is 11.1. The number of Topliss-reactive ketones (excluding diaryl/α,β-unsaturated/α-hetero) is 1. The average Bonchev–Trinajstić information content (AvgIpc) is 3.16. The van der Waals surface area contributed by atoms with Gasteiger partial charge in [-0.1, -0.05) is 77.8 Å². The number of amides is 1. The van der Waals surface area contributed by atoms with Crippen LogP contribution in [0.5, 0.6) is 0 Å². The Morgan fingerprint density at radius 1 is 0.914 bits per heavy atom. The monoisotopic (exact) mass is 484 g/mol. The predicted molar refractivity (Wildman–Crippen MR) is 140 cm³/mol. The first-order valence-corrected chi connectivity index (χ1v) is 11.5. The van der Waals surface area contributed by atoms with E-state index in [-0.39, 0.29) is 17.8 Å². The van der Waals surface area contributed by atoms with Crippen molar-refractivity contribution in [2.75, 3.05) is 5.43 Å². The third kappa shape index (κ3) is 5.86. The van der Waals surface area contributed by atoms with E-state index >= 15 is 0 Å². The largest absolute Gasteiger partial charge is 0.298 e. The zero-order valence-electron chi connectivity index (χ0n) is 19.5. The number of carbonyl (C=O) groups excluding carboxylic acids is 2. The zero-order valence-corrected chi connectivity index (χ0v) is 20.2. The molecule has 0 atom stereocenters. The molecule has 176 valence electrons. The van der Waals surface area contributed by atoms with E-state index in [1.165, 1.54) is 0 Å². The second kappa shape index (κ2) is 10.8. The summed E-state index contributed by atoms with van der Waals surface area (Å²) in [5.74, 6) is -0.604. The lowest BCUT2D eigenvalue weighted by Crippen LogP contribution is -2.31. The van der Waals surface area contributed by atoms with Crippen LogP contribution in [0.25, 0.3) is 11.8 Å². The van der Waals surface area contributed by atoms with Gasteiger partial charge in [-0.3, -0.25) is 20.4 Å². The lowest BCUT2D eigenvalue weighted by Gasteiger charge is -2.11. The van der Waals surface area contributed by atoms with E-state index in [0.29, 0.717) is 22.0 Å². The fraction of sp³-hybridized carbons (Fsp3) is 0.107. The SMILES string of the molecule is Cc1ccc(C(=O)CC(=Cc2c(C)nn(-c3ccccc3)c2Cl)C(=O)NNc2ccccc2)cc1. The van der Waals surface area contributed by atoms with Crippen molar-refractivity contribution in [1.29, 1.82) is 0 Å². The molecule has 2 N–H and O–H groups in total. The molecule has 0 unspecified atom stereocenters. The molecule has 0 radical (unpaired) electrons. The number of ketones is 1. The molecule has 4 aromatic rings. The molecule has 0 aliphatic heterocycles. The number of aromatic nitrogens is 2. The summed E-state index contributed by atoms with van der Waals surface area (Å²) in [6, 6.07) is 26.0. The molecular formula is C28H25ClN4O2. The molecule has 0 saturated heterocycles. The van der Waals surface area contributed by atoms with Crippen LogP contribution in [0.2, 0.25) is 5.15 Å². The second-order valence-corrected chi connectivity index (χ2v) is 8.48. The van der Waals surface area contributed by atoms with Gasteiger partial charge < -0.3 is 0 Å². The van der Waals surface area contributed by atoms with Crippen molar-refractivity contribution in [3.63, 3.8) is 0 Å². The Morgan fingerprint density at radius 3 is 2.20 bits per heavy atom. The summed E-state index contributed by atoms with van der Waals surface area (Å²) in [7, 11) is 0. The van der Waals surface area contributed by atoms with Crippen LogP contribution < -0.4 is 10.9 Å². The highest BCUT2D eigenvalue weighted by Crippen LogP contribution is 2.27. The topological polar surface area (TPSA) is 76.0 Å². The molecule has 7 heteroatoms. The number of anilines is 1. The first kappa shape index (κ1) is 24.0. The molecule has 6 nitrogen and oxygen atoms in total. The highest BCUT2D eigenvalue weighted by Gasteiger charge is 2.19. The Kier molecular flexibility index (Phi) is 7.43. The molecule has 1 amide bonds. The van der Waals surface area contributed by atoms with Gasteiger partial charge in [-0.15, -0.1) is 0 Å². The van der Waals surface area contributed by atoms with Crippen molar-refractivity contribution < 1.29 is 9.59 Å². The second-order valence-electron chi connectivity index (χ2n) is 8.12. The number of hydrogen-bond donors (Lipinski definition) is 2. The summed E-state index contributed by atoms with van der Waals surface area (Å²) in [6.45, 7) is 3.77. The van der Waals surface area contributed by atoms with Gasteiger partial charge in [0.15, 0.2) is 5.78 Å². The summed E-state index contributed by atoms with van der Waals surface area (Å²) in [5.41, 5.74) is 10.2. The van der Waals surface area contributed by atoms with Gasteiger partial charge in [-0.05, 0) is 44.2 Å². The van der Waals surface area contributed by atoms with E-state index in [1.807, 2.05) is 86.6 Å². The maximum Gasteiger partial charge on any atom is 0.266 e. The standard InChI is InChI=1S/C28H25ClN4O2/c1-19-13-15-21(16-14-19)26(34)18-22(28(35)31-30-23-9-5-3-6-10-23)17-25-20(2)32-33(27(25)29)24-11-7-4-8-12-24/h3-17,30H,18H2,1-2H3,(H,31,35). The number of nitrogens with zero attached hydrogens (tertiary/aromatic N) is 2. The van der Waals surface area contributed by atoms with E-state index < -0.39 is 5.91 Å².